The molecular formula is C20H25N3O2S2. The Kier molecular flexibility index (Phi) is 5.59. The number of likely N-dealkylation sites (tertiary alicyclic amines) is 1. The number of piperidine rings is 1. The molecule has 1 saturated heterocycles. The van der Waals surface area contributed by atoms with Crippen molar-refractivity contribution in [2.24, 2.45) is 11.8 Å². The molecule has 0 spiro atoms. The van der Waals surface area contributed by atoms with Crippen molar-refractivity contribution in [3.63, 3.8) is 0 Å². The van der Waals surface area contributed by atoms with Crippen LogP contribution in [0.5, 0.6) is 0 Å². The molecule has 2 aliphatic rings. The van der Waals surface area contributed by atoms with Crippen molar-refractivity contribution in [1.29, 1.82) is 0 Å². The average molecular weight is 404 g/mol. The van der Waals surface area contributed by atoms with Gasteiger partial charge in [0.1, 0.15) is 0 Å². The summed E-state index contributed by atoms with van der Waals surface area (Å²) in [7, 11) is 0. The van der Waals surface area contributed by atoms with Crippen molar-refractivity contribution in [3.8, 4) is 0 Å². The van der Waals surface area contributed by atoms with Crippen LogP contribution in [0.2, 0.25) is 0 Å². The number of hydrogen-bond acceptors (Lipinski definition) is 5. The minimum absolute atomic E-state index is 0.146. The molecule has 0 aromatic carbocycles. The van der Waals surface area contributed by atoms with Crippen molar-refractivity contribution < 1.29 is 9.59 Å². The molecule has 3 atom stereocenters. The predicted molar refractivity (Wildman–Crippen MR) is 109 cm³/mol. The van der Waals surface area contributed by atoms with Gasteiger partial charge in [0.25, 0.3) is 5.91 Å². The Morgan fingerprint density at radius 2 is 2.11 bits per heavy atom. The fraction of sp³-hybridized carbons (Fsp3) is 0.550. The molecule has 7 heteroatoms. The predicted octanol–water partition coefficient (Wildman–Crippen LogP) is 4.43. The van der Waals surface area contributed by atoms with E-state index in [1.54, 1.807) is 6.07 Å². The third-order valence-corrected chi connectivity index (χ3v) is 7.58. The van der Waals surface area contributed by atoms with E-state index in [2.05, 4.69) is 22.1 Å². The number of nitrogens with one attached hydrogen (secondary N) is 1. The van der Waals surface area contributed by atoms with Gasteiger partial charge in [0, 0.05) is 18.0 Å². The van der Waals surface area contributed by atoms with E-state index >= 15 is 0 Å². The number of carbonyl (C=O) groups excluding carboxylic acids is 2. The molecule has 3 unspecified atom stereocenters. The quantitative estimate of drug-likeness (QED) is 0.822. The molecule has 27 heavy (non-hydrogen) atoms. The number of aromatic nitrogens is 1. The Labute approximate surface area is 167 Å². The first-order chi connectivity index (χ1) is 13.1. The molecule has 2 fully saturated rings. The Balaban J connectivity index is 1.38. The van der Waals surface area contributed by atoms with Crippen LogP contribution in [0.25, 0.3) is 0 Å². The van der Waals surface area contributed by atoms with E-state index in [0.717, 1.165) is 31.0 Å². The van der Waals surface area contributed by atoms with Gasteiger partial charge in [-0.25, -0.2) is 4.98 Å². The maximum atomic E-state index is 13.0. The van der Waals surface area contributed by atoms with Gasteiger partial charge in [-0.05, 0) is 42.5 Å². The second kappa shape index (κ2) is 8.10. The summed E-state index contributed by atoms with van der Waals surface area (Å²) in [5.74, 6) is 1.41. The van der Waals surface area contributed by atoms with Gasteiger partial charge in [0.15, 0.2) is 5.13 Å². The summed E-state index contributed by atoms with van der Waals surface area (Å²) < 4.78 is 0. The molecule has 2 aromatic heterocycles. The zero-order valence-corrected chi connectivity index (χ0v) is 17.2. The number of carbonyl (C=O) groups is 2. The van der Waals surface area contributed by atoms with E-state index in [9.17, 15) is 9.59 Å². The zero-order chi connectivity index (χ0) is 18.8. The zero-order valence-electron chi connectivity index (χ0n) is 15.5. The molecule has 2 aromatic rings. The lowest BCUT2D eigenvalue weighted by Gasteiger charge is -2.47. The van der Waals surface area contributed by atoms with Crippen molar-refractivity contribution in [2.45, 2.75) is 51.5 Å². The van der Waals surface area contributed by atoms with Gasteiger partial charge in [-0.1, -0.05) is 25.8 Å². The van der Waals surface area contributed by atoms with E-state index in [4.69, 9.17) is 0 Å². The number of thiophene rings is 1. The van der Waals surface area contributed by atoms with Crippen molar-refractivity contribution in [1.82, 2.24) is 9.88 Å². The van der Waals surface area contributed by atoms with E-state index < -0.39 is 0 Å². The molecule has 3 heterocycles. The fourth-order valence-electron chi connectivity index (χ4n) is 4.49. The maximum absolute atomic E-state index is 13.0. The molecule has 5 nitrogen and oxygen atoms in total. The molecule has 0 bridgehead atoms. The molecule has 0 radical (unpaired) electrons. The third kappa shape index (κ3) is 4.09. The number of anilines is 1. The fourth-order valence-corrected chi connectivity index (χ4v) is 5.82. The van der Waals surface area contributed by atoms with Gasteiger partial charge in [0.2, 0.25) is 5.91 Å². The SMILES string of the molecule is CC1CCN(C(=O)Cc2csc(NC(=O)c3cccs3)n2)C2CCCCC12. The van der Waals surface area contributed by atoms with E-state index in [1.165, 1.54) is 41.9 Å². The molecule has 4 rings (SSSR count). The van der Waals surface area contributed by atoms with Crippen molar-refractivity contribution >= 4 is 39.6 Å². The van der Waals surface area contributed by atoms with Gasteiger partial charge in [-0.2, -0.15) is 0 Å². The molecule has 1 aliphatic heterocycles. The summed E-state index contributed by atoms with van der Waals surface area (Å²) in [6.07, 6.45) is 6.35. The van der Waals surface area contributed by atoms with Crippen LogP contribution in [-0.4, -0.2) is 34.3 Å². The Morgan fingerprint density at radius 1 is 1.26 bits per heavy atom. The van der Waals surface area contributed by atoms with Crippen molar-refractivity contribution in [2.75, 3.05) is 11.9 Å². The molecule has 1 saturated carbocycles. The summed E-state index contributed by atoms with van der Waals surface area (Å²) in [5, 5.41) is 7.13. The number of thiazole rings is 1. The van der Waals surface area contributed by atoms with Crippen LogP contribution in [0, 0.1) is 11.8 Å². The lowest BCUT2D eigenvalue weighted by Crippen LogP contribution is -2.52. The topological polar surface area (TPSA) is 62.3 Å². The number of fused-ring (bicyclic) bond motifs is 1. The van der Waals surface area contributed by atoms with Gasteiger partial charge >= 0.3 is 0 Å². The summed E-state index contributed by atoms with van der Waals surface area (Å²) >= 11 is 2.78. The highest BCUT2D eigenvalue weighted by Gasteiger charge is 2.39. The van der Waals surface area contributed by atoms with Crippen LogP contribution in [0.1, 0.15) is 54.4 Å². The smallest absolute Gasteiger partial charge is 0.267 e. The van der Waals surface area contributed by atoms with Gasteiger partial charge < -0.3 is 4.90 Å². The summed E-state index contributed by atoms with van der Waals surface area (Å²) in [5.41, 5.74) is 0.748. The Bertz CT molecular complexity index is 802. The number of nitrogens with zero attached hydrogens (tertiary/aromatic N) is 2. The van der Waals surface area contributed by atoms with E-state index in [-0.39, 0.29) is 11.8 Å². The molecular weight excluding hydrogens is 378 g/mol. The third-order valence-electron chi connectivity index (χ3n) is 5.91. The number of amides is 2. The van der Waals surface area contributed by atoms with Crippen LogP contribution in [-0.2, 0) is 11.2 Å². The lowest BCUT2D eigenvalue weighted by molar-refractivity contribution is -0.138. The highest BCUT2D eigenvalue weighted by molar-refractivity contribution is 7.14. The minimum atomic E-state index is -0.146. The highest BCUT2D eigenvalue weighted by atomic mass is 32.1. The Hall–Kier alpha value is -1.73. The number of rotatable bonds is 4. The van der Waals surface area contributed by atoms with Crippen LogP contribution in [0.15, 0.2) is 22.9 Å². The standard InChI is InChI=1S/C20H25N3O2S2/c1-13-8-9-23(16-6-3-2-5-15(13)16)18(24)11-14-12-27-20(21-14)22-19(25)17-7-4-10-26-17/h4,7,10,12-13,15-16H,2-3,5-6,8-9,11H2,1H3,(H,21,22,25). The van der Waals surface area contributed by atoms with Crippen LogP contribution in [0.3, 0.4) is 0 Å². The summed E-state index contributed by atoms with van der Waals surface area (Å²) in [6, 6.07) is 4.05. The minimum Gasteiger partial charge on any atom is -0.339 e. The molecule has 144 valence electrons. The highest BCUT2D eigenvalue weighted by Crippen LogP contribution is 2.39. The molecule has 1 aliphatic carbocycles. The lowest BCUT2D eigenvalue weighted by atomic mass is 9.72. The van der Waals surface area contributed by atoms with Gasteiger partial charge in [0.05, 0.1) is 17.0 Å². The van der Waals surface area contributed by atoms with Crippen molar-refractivity contribution in [3.05, 3.63) is 33.5 Å². The monoisotopic (exact) mass is 403 g/mol. The van der Waals surface area contributed by atoms with Gasteiger partial charge in [-0.15, -0.1) is 22.7 Å². The van der Waals surface area contributed by atoms with E-state index in [1.807, 2.05) is 16.8 Å². The first-order valence-corrected chi connectivity index (χ1v) is 11.5. The average Bonchev–Trinajstić information content (AvgIpc) is 3.34. The largest absolute Gasteiger partial charge is 0.339 e. The first kappa shape index (κ1) is 18.6. The van der Waals surface area contributed by atoms with Crippen LogP contribution >= 0.6 is 22.7 Å². The second-order valence-corrected chi connectivity index (χ2v) is 9.43. The maximum Gasteiger partial charge on any atom is 0.267 e. The van der Waals surface area contributed by atoms with Crippen LogP contribution < -0.4 is 5.32 Å². The normalized spacial score (nSPS) is 25.1. The molecule has 1 N–H and O–H groups in total. The van der Waals surface area contributed by atoms with Gasteiger partial charge in [-0.3, -0.25) is 14.9 Å². The first-order valence-electron chi connectivity index (χ1n) is 9.70. The summed E-state index contributed by atoms with van der Waals surface area (Å²) in [6.45, 7) is 3.21. The Morgan fingerprint density at radius 3 is 2.93 bits per heavy atom. The molecule has 2 amide bonds. The second-order valence-electron chi connectivity index (χ2n) is 7.62. The van der Waals surface area contributed by atoms with Crippen LogP contribution in [0.4, 0.5) is 5.13 Å². The summed E-state index contributed by atoms with van der Waals surface area (Å²) in [4.78, 5) is 32.3. The number of hydrogen-bond donors (Lipinski definition) is 1. The van der Waals surface area contributed by atoms with E-state index in [0.29, 0.717) is 28.4 Å².